The third-order valence-electron chi connectivity index (χ3n) is 5.62. The number of fused-ring (bicyclic) bond motifs is 1. The van der Waals surface area contributed by atoms with Crippen LogP contribution in [0.15, 0.2) is 30.6 Å². The summed E-state index contributed by atoms with van der Waals surface area (Å²) in [5, 5.41) is 10.4. The SMILES string of the molecule is CC(=O)N1[C@H](C)CN(c2ncnc3c(F)c(-c4c(O)cccc4F)c(Cl)cc23)C[C@@H]1C. The van der Waals surface area contributed by atoms with Crippen molar-refractivity contribution in [2.24, 2.45) is 0 Å². The molecule has 4 rings (SSSR count). The van der Waals surface area contributed by atoms with E-state index in [1.54, 1.807) is 0 Å². The van der Waals surface area contributed by atoms with Gasteiger partial charge in [-0.2, -0.15) is 0 Å². The third-order valence-corrected chi connectivity index (χ3v) is 5.92. The van der Waals surface area contributed by atoms with E-state index in [2.05, 4.69) is 9.97 Å². The molecule has 0 spiro atoms. The van der Waals surface area contributed by atoms with Crippen LogP contribution >= 0.6 is 11.6 Å². The van der Waals surface area contributed by atoms with E-state index in [0.717, 1.165) is 6.07 Å². The van der Waals surface area contributed by atoms with Crippen LogP contribution in [0.5, 0.6) is 5.75 Å². The molecule has 3 aromatic rings. The molecule has 1 N–H and O–H groups in total. The zero-order valence-electron chi connectivity index (χ0n) is 17.2. The number of rotatable bonds is 2. The van der Waals surface area contributed by atoms with Crippen molar-refractivity contribution >= 4 is 34.2 Å². The zero-order valence-corrected chi connectivity index (χ0v) is 18.0. The normalized spacial score (nSPS) is 19.2. The number of amides is 1. The number of piperazine rings is 1. The molecule has 162 valence electrons. The number of aromatic nitrogens is 2. The van der Waals surface area contributed by atoms with Crippen molar-refractivity contribution in [3.8, 4) is 16.9 Å². The number of phenolic OH excluding ortho intramolecular Hbond substituents is 1. The van der Waals surface area contributed by atoms with Crippen LogP contribution in [0.4, 0.5) is 14.6 Å². The Labute approximate surface area is 183 Å². The number of benzene rings is 2. The van der Waals surface area contributed by atoms with Crippen molar-refractivity contribution in [2.45, 2.75) is 32.9 Å². The highest BCUT2D eigenvalue weighted by molar-refractivity contribution is 6.34. The Balaban J connectivity index is 1.85. The van der Waals surface area contributed by atoms with Gasteiger partial charge in [0.05, 0.1) is 10.6 Å². The fourth-order valence-electron chi connectivity index (χ4n) is 4.47. The molecule has 1 amide bonds. The van der Waals surface area contributed by atoms with Gasteiger partial charge in [0.2, 0.25) is 5.91 Å². The predicted octanol–water partition coefficient (Wildman–Crippen LogP) is 4.38. The van der Waals surface area contributed by atoms with Crippen molar-refractivity contribution in [3.05, 3.63) is 47.2 Å². The van der Waals surface area contributed by atoms with E-state index in [-0.39, 0.29) is 39.7 Å². The van der Waals surface area contributed by atoms with Crippen LogP contribution in [0.25, 0.3) is 22.0 Å². The van der Waals surface area contributed by atoms with Gasteiger partial charge in [0.15, 0.2) is 5.82 Å². The van der Waals surface area contributed by atoms with Crippen molar-refractivity contribution in [2.75, 3.05) is 18.0 Å². The summed E-state index contributed by atoms with van der Waals surface area (Å²) in [4.78, 5) is 24.2. The van der Waals surface area contributed by atoms with Gasteiger partial charge in [0.25, 0.3) is 0 Å². The number of anilines is 1. The quantitative estimate of drug-likeness (QED) is 0.632. The summed E-state index contributed by atoms with van der Waals surface area (Å²) in [6.07, 6.45) is 1.24. The third kappa shape index (κ3) is 3.54. The van der Waals surface area contributed by atoms with Gasteiger partial charge in [-0.05, 0) is 32.0 Å². The maximum atomic E-state index is 15.5. The summed E-state index contributed by atoms with van der Waals surface area (Å²) in [5.74, 6) is -1.57. The molecule has 31 heavy (non-hydrogen) atoms. The number of carbonyl (C=O) groups excluding carboxylic acids is 1. The van der Waals surface area contributed by atoms with Crippen molar-refractivity contribution < 1.29 is 18.7 Å². The molecule has 1 aromatic heterocycles. The van der Waals surface area contributed by atoms with E-state index in [1.165, 1.54) is 31.5 Å². The first-order chi connectivity index (χ1) is 14.7. The highest BCUT2D eigenvalue weighted by Crippen LogP contribution is 2.42. The molecule has 1 aliphatic heterocycles. The fourth-order valence-corrected chi connectivity index (χ4v) is 4.76. The monoisotopic (exact) mass is 446 g/mol. The first kappa shape index (κ1) is 21.2. The second-order valence-corrected chi connectivity index (χ2v) is 8.21. The average molecular weight is 447 g/mol. The van der Waals surface area contributed by atoms with Gasteiger partial charge in [0.1, 0.15) is 29.2 Å². The van der Waals surface area contributed by atoms with Gasteiger partial charge < -0.3 is 14.9 Å². The van der Waals surface area contributed by atoms with Gasteiger partial charge in [0, 0.05) is 43.0 Å². The lowest BCUT2D eigenvalue weighted by atomic mass is 10.0. The summed E-state index contributed by atoms with van der Waals surface area (Å²) in [6, 6.07) is 5.06. The first-order valence-corrected chi connectivity index (χ1v) is 10.2. The average Bonchev–Trinajstić information content (AvgIpc) is 2.69. The lowest BCUT2D eigenvalue weighted by Crippen LogP contribution is -2.58. The molecule has 1 fully saturated rings. The van der Waals surface area contributed by atoms with Crippen molar-refractivity contribution in [1.82, 2.24) is 14.9 Å². The molecule has 0 unspecified atom stereocenters. The Bertz CT molecular complexity index is 1160. The number of hydrogen-bond donors (Lipinski definition) is 1. The Morgan fingerprint density at radius 1 is 1.16 bits per heavy atom. The van der Waals surface area contributed by atoms with Crippen LogP contribution in [-0.2, 0) is 4.79 Å². The minimum absolute atomic E-state index is 0.00405. The minimum Gasteiger partial charge on any atom is -0.507 e. The number of hydrogen-bond acceptors (Lipinski definition) is 5. The number of phenols is 1. The molecule has 9 heteroatoms. The molecular weight excluding hydrogens is 426 g/mol. The second kappa shape index (κ2) is 7.92. The van der Waals surface area contributed by atoms with Gasteiger partial charge in [-0.15, -0.1) is 0 Å². The standard InChI is InChI=1S/C22H21ClF2N4O2/c1-11-8-28(9-12(2)29(11)13(3)30)22-14-7-15(23)18(20(25)21(14)26-10-27-22)19-16(24)5-4-6-17(19)31/h4-7,10-12,31H,8-9H2,1-3H3/t11-,12+. The van der Waals surface area contributed by atoms with E-state index in [0.29, 0.717) is 24.3 Å². The zero-order chi connectivity index (χ0) is 22.4. The predicted molar refractivity (Wildman–Crippen MR) is 115 cm³/mol. The molecule has 0 saturated carbocycles. The van der Waals surface area contributed by atoms with Crippen LogP contribution in [0, 0.1) is 11.6 Å². The first-order valence-electron chi connectivity index (χ1n) is 9.85. The van der Waals surface area contributed by atoms with E-state index in [9.17, 15) is 14.3 Å². The number of halogens is 3. The van der Waals surface area contributed by atoms with Gasteiger partial charge >= 0.3 is 0 Å². The highest BCUT2D eigenvalue weighted by atomic mass is 35.5. The van der Waals surface area contributed by atoms with Gasteiger partial charge in [-0.1, -0.05) is 17.7 Å². The van der Waals surface area contributed by atoms with Crippen molar-refractivity contribution in [3.63, 3.8) is 0 Å². The number of aromatic hydroxyl groups is 1. The summed E-state index contributed by atoms with van der Waals surface area (Å²) in [5.41, 5.74) is -0.594. The largest absolute Gasteiger partial charge is 0.507 e. The van der Waals surface area contributed by atoms with Crippen LogP contribution in [-0.4, -0.2) is 51.1 Å². The Morgan fingerprint density at radius 2 is 1.84 bits per heavy atom. The number of nitrogens with zero attached hydrogens (tertiary/aromatic N) is 4. The molecular formula is C22H21ClF2N4O2. The molecule has 1 saturated heterocycles. The fraction of sp³-hybridized carbons (Fsp3) is 0.318. The summed E-state index contributed by atoms with van der Waals surface area (Å²) in [7, 11) is 0. The maximum Gasteiger partial charge on any atom is 0.220 e. The van der Waals surface area contributed by atoms with E-state index in [4.69, 9.17) is 11.6 Å². The van der Waals surface area contributed by atoms with Crippen LogP contribution in [0.3, 0.4) is 0 Å². The van der Waals surface area contributed by atoms with Crippen LogP contribution in [0.1, 0.15) is 20.8 Å². The van der Waals surface area contributed by atoms with Gasteiger partial charge in [-0.25, -0.2) is 18.7 Å². The summed E-state index contributed by atoms with van der Waals surface area (Å²) >= 11 is 6.38. The molecule has 2 aromatic carbocycles. The minimum atomic E-state index is -0.838. The lowest BCUT2D eigenvalue weighted by Gasteiger charge is -2.44. The second-order valence-electron chi connectivity index (χ2n) is 7.80. The molecule has 0 radical (unpaired) electrons. The molecule has 0 aliphatic carbocycles. The van der Waals surface area contributed by atoms with Crippen LogP contribution < -0.4 is 4.90 Å². The Kier molecular flexibility index (Phi) is 5.43. The molecule has 2 heterocycles. The maximum absolute atomic E-state index is 15.5. The Morgan fingerprint density at radius 3 is 2.45 bits per heavy atom. The molecule has 2 atom stereocenters. The number of carbonyl (C=O) groups is 1. The van der Waals surface area contributed by atoms with Crippen LogP contribution in [0.2, 0.25) is 5.02 Å². The molecule has 0 bridgehead atoms. The highest BCUT2D eigenvalue weighted by Gasteiger charge is 2.33. The van der Waals surface area contributed by atoms with E-state index >= 15 is 4.39 Å². The van der Waals surface area contributed by atoms with Crippen molar-refractivity contribution in [1.29, 1.82) is 0 Å². The topological polar surface area (TPSA) is 69.6 Å². The summed E-state index contributed by atoms with van der Waals surface area (Å²) < 4.78 is 29.9. The molecule has 1 aliphatic rings. The Hall–Kier alpha value is -3.00. The van der Waals surface area contributed by atoms with E-state index < -0.39 is 17.4 Å². The van der Waals surface area contributed by atoms with E-state index in [1.807, 2.05) is 23.6 Å². The lowest BCUT2D eigenvalue weighted by molar-refractivity contribution is -0.133. The molecule has 6 nitrogen and oxygen atoms in total. The smallest absolute Gasteiger partial charge is 0.220 e. The summed E-state index contributed by atoms with van der Waals surface area (Å²) in [6.45, 7) is 6.44. The van der Waals surface area contributed by atoms with Gasteiger partial charge in [-0.3, -0.25) is 4.79 Å².